The Labute approximate surface area is 144 Å². The van der Waals surface area contributed by atoms with E-state index < -0.39 is 12.1 Å². The largest absolute Gasteiger partial charge is 0.481 e. The number of amides is 2. The van der Waals surface area contributed by atoms with Crippen LogP contribution < -0.4 is 0 Å². The van der Waals surface area contributed by atoms with Crippen molar-refractivity contribution in [1.82, 2.24) is 4.90 Å². The molecule has 6 nitrogen and oxygen atoms in total. The van der Waals surface area contributed by atoms with E-state index in [1.807, 2.05) is 0 Å². The maximum Gasteiger partial charge on any atom is 0.307 e. The first kappa shape index (κ1) is 16.9. The van der Waals surface area contributed by atoms with Gasteiger partial charge in [0.1, 0.15) is 6.10 Å². The number of imide groups is 1. The van der Waals surface area contributed by atoms with E-state index in [1.54, 1.807) is 48.5 Å². The van der Waals surface area contributed by atoms with E-state index >= 15 is 0 Å². The highest BCUT2D eigenvalue weighted by Crippen LogP contribution is 2.26. The molecule has 2 amide bonds. The molecule has 1 atom stereocenters. The topological polar surface area (TPSA) is 83.9 Å². The summed E-state index contributed by atoms with van der Waals surface area (Å²) in [5.74, 6) is -1.56. The molecule has 3 rings (SSSR count). The van der Waals surface area contributed by atoms with Crippen LogP contribution in [0.5, 0.6) is 0 Å². The average molecular weight is 339 g/mol. The molecule has 0 aromatic heterocycles. The molecule has 0 spiro atoms. The fourth-order valence-electron chi connectivity index (χ4n) is 2.91. The normalized spacial score (nSPS) is 14.5. The molecule has 0 bridgehead atoms. The molecule has 1 heterocycles. The number of carboxylic acids is 1. The number of methoxy groups -OCH3 is 1. The minimum Gasteiger partial charge on any atom is -0.481 e. The van der Waals surface area contributed by atoms with Crippen molar-refractivity contribution in [2.45, 2.75) is 12.5 Å². The summed E-state index contributed by atoms with van der Waals surface area (Å²) in [4.78, 5) is 36.8. The first-order chi connectivity index (χ1) is 12.0. The third-order valence-corrected chi connectivity index (χ3v) is 4.22. The van der Waals surface area contributed by atoms with Crippen LogP contribution in [0.1, 0.15) is 37.9 Å². The standard InChI is InChI=1S/C19H17NO5/c1-25-16(13-8-6-12(7-9-13)10-17(21)22)11-20-18(23)14-4-2-3-5-15(14)19(20)24/h2-9,16H,10-11H2,1H3,(H,21,22). The van der Waals surface area contributed by atoms with Crippen molar-refractivity contribution in [2.75, 3.05) is 13.7 Å². The molecule has 6 heteroatoms. The molecule has 1 aliphatic heterocycles. The van der Waals surface area contributed by atoms with Crippen LogP contribution in [-0.4, -0.2) is 41.4 Å². The number of ether oxygens (including phenoxy) is 1. The van der Waals surface area contributed by atoms with Gasteiger partial charge in [0.25, 0.3) is 11.8 Å². The summed E-state index contributed by atoms with van der Waals surface area (Å²) in [5.41, 5.74) is 2.25. The fraction of sp³-hybridized carbons (Fsp3) is 0.211. The lowest BCUT2D eigenvalue weighted by atomic mass is 10.0. The molecule has 0 radical (unpaired) electrons. The van der Waals surface area contributed by atoms with Crippen LogP contribution in [0.25, 0.3) is 0 Å². The summed E-state index contributed by atoms with van der Waals surface area (Å²) >= 11 is 0. The van der Waals surface area contributed by atoms with Gasteiger partial charge in [0.05, 0.1) is 24.1 Å². The maximum absolute atomic E-state index is 12.4. The summed E-state index contributed by atoms with van der Waals surface area (Å²) in [6.07, 6.45) is -0.544. The van der Waals surface area contributed by atoms with Gasteiger partial charge in [-0.1, -0.05) is 36.4 Å². The lowest BCUT2D eigenvalue weighted by molar-refractivity contribution is -0.136. The highest BCUT2D eigenvalue weighted by atomic mass is 16.5. The van der Waals surface area contributed by atoms with Crippen molar-refractivity contribution in [3.8, 4) is 0 Å². The van der Waals surface area contributed by atoms with Crippen molar-refractivity contribution >= 4 is 17.8 Å². The van der Waals surface area contributed by atoms with Crippen LogP contribution in [-0.2, 0) is 16.0 Å². The molecule has 0 aliphatic carbocycles. The molecular weight excluding hydrogens is 322 g/mol. The Kier molecular flexibility index (Phi) is 4.63. The maximum atomic E-state index is 12.4. The molecule has 2 aromatic rings. The Bertz CT molecular complexity index is 793. The zero-order chi connectivity index (χ0) is 18.0. The predicted octanol–water partition coefficient (Wildman–Crippen LogP) is 2.30. The number of hydrogen-bond acceptors (Lipinski definition) is 4. The number of rotatable bonds is 6. The Balaban J connectivity index is 1.78. The van der Waals surface area contributed by atoms with Gasteiger partial charge in [0.2, 0.25) is 0 Å². The van der Waals surface area contributed by atoms with E-state index in [0.29, 0.717) is 16.7 Å². The summed E-state index contributed by atoms with van der Waals surface area (Å²) in [5, 5.41) is 8.82. The lowest BCUT2D eigenvalue weighted by Gasteiger charge is -2.22. The van der Waals surface area contributed by atoms with Gasteiger partial charge in [-0.15, -0.1) is 0 Å². The van der Waals surface area contributed by atoms with Crippen molar-refractivity contribution in [3.05, 3.63) is 70.8 Å². The number of nitrogens with zero attached hydrogens (tertiary/aromatic N) is 1. The van der Waals surface area contributed by atoms with Crippen LogP contribution in [0, 0.1) is 0 Å². The van der Waals surface area contributed by atoms with E-state index in [9.17, 15) is 14.4 Å². The van der Waals surface area contributed by atoms with E-state index in [4.69, 9.17) is 9.84 Å². The van der Waals surface area contributed by atoms with Gasteiger partial charge in [-0.25, -0.2) is 0 Å². The highest BCUT2D eigenvalue weighted by Gasteiger charge is 2.36. The molecule has 1 unspecified atom stereocenters. The molecular formula is C19H17NO5. The van der Waals surface area contributed by atoms with Crippen LogP contribution >= 0.6 is 0 Å². The molecule has 0 saturated heterocycles. The second-order valence-corrected chi connectivity index (χ2v) is 5.80. The fourth-order valence-corrected chi connectivity index (χ4v) is 2.91. The minimum atomic E-state index is -0.901. The van der Waals surface area contributed by atoms with Gasteiger partial charge in [0.15, 0.2) is 0 Å². The molecule has 0 fully saturated rings. The smallest absolute Gasteiger partial charge is 0.307 e. The van der Waals surface area contributed by atoms with Gasteiger partial charge in [-0.05, 0) is 23.3 Å². The van der Waals surface area contributed by atoms with Crippen molar-refractivity contribution < 1.29 is 24.2 Å². The number of carbonyl (C=O) groups is 3. The number of fused-ring (bicyclic) bond motifs is 1. The summed E-state index contributed by atoms with van der Waals surface area (Å²) in [6, 6.07) is 13.6. The quantitative estimate of drug-likeness (QED) is 0.817. The molecule has 128 valence electrons. The zero-order valence-electron chi connectivity index (χ0n) is 13.6. The first-order valence-corrected chi connectivity index (χ1v) is 7.80. The van der Waals surface area contributed by atoms with E-state index in [2.05, 4.69) is 0 Å². The van der Waals surface area contributed by atoms with Gasteiger partial charge >= 0.3 is 5.97 Å². The number of carboxylic acid groups (broad SMARTS) is 1. The Morgan fingerprint density at radius 2 is 1.60 bits per heavy atom. The van der Waals surface area contributed by atoms with Crippen LogP contribution in [0.3, 0.4) is 0 Å². The Morgan fingerprint density at radius 3 is 2.08 bits per heavy atom. The molecule has 25 heavy (non-hydrogen) atoms. The van der Waals surface area contributed by atoms with Gasteiger partial charge in [-0.2, -0.15) is 0 Å². The molecule has 1 aliphatic rings. The SMILES string of the molecule is COC(CN1C(=O)c2ccccc2C1=O)c1ccc(CC(=O)O)cc1. The molecule has 2 aromatic carbocycles. The van der Waals surface area contributed by atoms with Crippen LogP contribution in [0.15, 0.2) is 48.5 Å². The molecule has 0 saturated carbocycles. The van der Waals surface area contributed by atoms with Crippen LogP contribution in [0.4, 0.5) is 0 Å². The summed E-state index contributed by atoms with van der Waals surface area (Å²) < 4.78 is 5.45. The monoisotopic (exact) mass is 339 g/mol. The van der Waals surface area contributed by atoms with Crippen molar-refractivity contribution in [2.24, 2.45) is 0 Å². The third-order valence-electron chi connectivity index (χ3n) is 4.22. The van der Waals surface area contributed by atoms with Crippen molar-refractivity contribution in [1.29, 1.82) is 0 Å². The number of hydrogen-bond donors (Lipinski definition) is 1. The number of aliphatic carboxylic acids is 1. The summed E-state index contributed by atoms with van der Waals surface area (Å²) in [7, 11) is 1.51. The average Bonchev–Trinajstić information content (AvgIpc) is 2.85. The zero-order valence-corrected chi connectivity index (χ0v) is 13.6. The van der Waals surface area contributed by atoms with Gasteiger partial charge in [-0.3, -0.25) is 19.3 Å². The predicted molar refractivity (Wildman–Crippen MR) is 89.3 cm³/mol. The van der Waals surface area contributed by atoms with E-state index in [1.165, 1.54) is 12.0 Å². The second-order valence-electron chi connectivity index (χ2n) is 5.80. The van der Waals surface area contributed by atoms with Crippen molar-refractivity contribution in [3.63, 3.8) is 0 Å². The van der Waals surface area contributed by atoms with Gasteiger partial charge < -0.3 is 9.84 Å². The van der Waals surface area contributed by atoms with Crippen LogP contribution in [0.2, 0.25) is 0 Å². The number of carbonyl (C=O) groups excluding carboxylic acids is 2. The van der Waals surface area contributed by atoms with Gasteiger partial charge in [0, 0.05) is 7.11 Å². The van der Waals surface area contributed by atoms with E-state index in [0.717, 1.165) is 5.56 Å². The molecule has 1 N–H and O–H groups in total. The Hall–Kier alpha value is -2.99. The lowest BCUT2D eigenvalue weighted by Crippen LogP contribution is -2.34. The third kappa shape index (κ3) is 3.29. The second kappa shape index (κ2) is 6.86. The number of benzene rings is 2. The first-order valence-electron chi connectivity index (χ1n) is 7.80. The highest BCUT2D eigenvalue weighted by molar-refractivity contribution is 6.21. The summed E-state index contributed by atoms with van der Waals surface area (Å²) in [6.45, 7) is 0.0983. The van der Waals surface area contributed by atoms with E-state index in [-0.39, 0.29) is 24.8 Å². The Morgan fingerprint density at radius 1 is 1.04 bits per heavy atom. The minimum absolute atomic E-state index is 0.0592.